The molecule has 6 heteroatoms. The molecule has 0 fully saturated rings. The van der Waals surface area contributed by atoms with Crippen LogP contribution in [0.15, 0.2) is 12.3 Å². The molecule has 0 aliphatic rings. The first kappa shape index (κ1) is 21.2. The summed E-state index contributed by atoms with van der Waals surface area (Å²) in [4.78, 5) is 17.5. The van der Waals surface area contributed by atoms with Crippen molar-refractivity contribution in [1.82, 2.24) is 14.7 Å². The number of unbranched alkanes of at least 4 members (excludes halogenated alkanes) is 1. The Morgan fingerprint density at radius 2 is 2.07 bits per heavy atom. The number of aliphatic hydroxyl groups is 1. The predicted octanol–water partition coefficient (Wildman–Crippen LogP) is 3.66. The summed E-state index contributed by atoms with van der Waals surface area (Å²) in [5.41, 5.74) is 2.80. The molecule has 6 nitrogen and oxygen atoms in total. The zero-order valence-corrected chi connectivity index (χ0v) is 17.2. The lowest BCUT2D eigenvalue weighted by Crippen LogP contribution is -2.38. The fraction of sp³-hybridized carbons (Fsp3) is 0.619. The van der Waals surface area contributed by atoms with E-state index >= 15 is 0 Å². The van der Waals surface area contributed by atoms with E-state index in [4.69, 9.17) is 4.74 Å². The molecule has 150 valence electrons. The van der Waals surface area contributed by atoms with Gasteiger partial charge in [0.05, 0.1) is 24.9 Å². The third-order valence-corrected chi connectivity index (χ3v) is 4.63. The van der Waals surface area contributed by atoms with Crippen LogP contribution in [0.3, 0.4) is 0 Å². The maximum Gasteiger partial charge on any atom is 0.270 e. The number of nitrogens with one attached hydrogen (secondary N) is 1. The van der Waals surface area contributed by atoms with Crippen LogP contribution in [0, 0.1) is 19.8 Å². The molecule has 0 aromatic carbocycles. The van der Waals surface area contributed by atoms with Gasteiger partial charge in [0.15, 0.2) is 11.4 Å². The number of hydrogen-bond donors (Lipinski definition) is 2. The molecule has 0 radical (unpaired) electrons. The van der Waals surface area contributed by atoms with E-state index in [-0.39, 0.29) is 18.6 Å². The Labute approximate surface area is 161 Å². The van der Waals surface area contributed by atoms with Gasteiger partial charge in [-0.1, -0.05) is 33.6 Å². The minimum absolute atomic E-state index is 0.0654. The number of nitrogens with zero attached hydrogens (tertiary/aromatic N) is 2. The number of rotatable bonds is 10. The Kier molecular flexibility index (Phi) is 7.66. The van der Waals surface area contributed by atoms with Crippen LogP contribution in [-0.4, -0.2) is 39.7 Å². The summed E-state index contributed by atoms with van der Waals surface area (Å²) in [6, 6.07) is 1.72. The number of carbonyl (C=O) groups excluding carboxylic acids is 1. The van der Waals surface area contributed by atoms with Crippen molar-refractivity contribution < 1.29 is 14.6 Å². The smallest absolute Gasteiger partial charge is 0.270 e. The number of imidazole rings is 1. The molecule has 0 bridgehead atoms. The average molecular weight is 376 g/mol. The van der Waals surface area contributed by atoms with Gasteiger partial charge in [-0.3, -0.25) is 9.20 Å². The predicted molar refractivity (Wildman–Crippen MR) is 107 cm³/mol. The van der Waals surface area contributed by atoms with Crippen molar-refractivity contribution >= 4 is 11.6 Å². The SMILES string of the molecule is CCCCC(CO)NC(=O)c1c(C)nc2c(OCCC(C)C)cc(C)cn12. The molecule has 0 spiro atoms. The molecule has 0 saturated carbocycles. The fourth-order valence-corrected chi connectivity index (χ4v) is 3.06. The van der Waals surface area contributed by atoms with Gasteiger partial charge < -0.3 is 15.2 Å². The molecule has 1 amide bonds. The molecule has 2 aromatic rings. The van der Waals surface area contributed by atoms with Crippen LogP contribution < -0.4 is 10.1 Å². The van der Waals surface area contributed by atoms with Gasteiger partial charge in [-0.15, -0.1) is 0 Å². The zero-order valence-electron chi connectivity index (χ0n) is 17.2. The van der Waals surface area contributed by atoms with Crippen molar-refractivity contribution in [3.63, 3.8) is 0 Å². The number of aryl methyl sites for hydroxylation is 2. The molecule has 2 rings (SSSR count). The molecule has 0 saturated heterocycles. The van der Waals surface area contributed by atoms with Crippen molar-refractivity contribution in [3.8, 4) is 5.75 Å². The average Bonchev–Trinajstić information content (AvgIpc) is 2.94. The van der Waals surface area contributed by atoms with Crippen molar-refractivity contribution in [2.24, 2.45) is 5.92 Å². The van der Waals surface area contributed by atoms with Crippen LogP contribution in [-0.2, 0) is 0 Å². The second kappa shape index (κ2) is 9.74. The summed E-state index contributed by atoms with van der Waals surface area (Å²) in [6.45, 7) is 10.8. The highest BCUT2D eigenvalue weighted by Crippen LogP contribution is 2.24. The van der Waals surface area contributed by atoms with Gasteiger partial charge in [0.1, 0.15) is 5.69 Å². The Morgan fingerprint density at radius 3 is 2.70 bits per heavy atom. The second-order valence-electron chi connectivity index (χ2n) is 7.65. The second-order valence-corrected chi connectivity index (χ2v) is 7.65. The number of ether oxygens (including phenoxy) is 1. The van der Waals surface area contributed by atoms with Crippen LogP contribution in [0.5, 0.6) is 5.75 Å². The zero-order chi connectivity index (χ0) is 20.0. The van der Waals surface area contributed by atoms with Crippen LogP contribution >= 0.6 is 0 Å². The number of pyridine rings is 1. The largest absolute Gasteiger partial charge is 0.490 e. The summed E-state index contributed by atoms with van der Waals surface area (Å²) in [6.07, 6.45) is 5.61. The molecule has 2 heterocycles. The highest BCUT2D eigenvalue weighted by Gasteiger charge is 2.21. The van der Waals surface area contributed by atoms with Gasteiger partial charge in [-0.2, -0.15) is 0 Å². The van der Waals surface area contributed by atoms with Crippen LogP contribution in [0.1, 0.15) is 68.2 Å². The minimum Gasteiger partial charge on any atom is -0.490 e. The molecular weight excluding hydrogens is 342 g/mol. The van der Waals surface area contributed by atoms with Crippen molar-refractivity contribution in [2.75, 3.05) is 13.2 Å². The van der Waals surface area contributed by atoms with E-state index in [2.05, 4.69) is 31.1 Å². The van der Waals surface area contributed by atoms with Gasteiger partial charge >= 0.3 is 0 Å². The van der Waals surface area contributed by atoms with Crippen LogP contribution in [0.4, 0.5) is 0 Å². The highest BCUT2D eigenvalue weighted by molar-refractivity contribution is 5.95. The molecule has 2 N–H and O–H groups in total. The van der Waals surface area contributed by atoms with Crippen molar-refractivity contribution in [3.05, 3.63) is 29.2 Å². The molecule has 1 unspecified atom stereocenters. The monoisotopic (exact) mass is 375 g/mol. The Bertz CT molecular complexity index is 768. The first-order chi connectivity index (χ1) is 12.9. The number of aliphatic hydroxyl groups excluding tert-OH is 1. The van der Waals surface area contributed by atoms with Crippen molar-refractivity contribution in [1.29, 1.82) is 0 Å². The number of aromatic nitrogens is 2. The third kappa shape index (κ3) is 5.45. The molecule has 2 aromatic heterocycles. The third-order valence-electron chi connectivity index (χ3n) is 4.63. The molecule has 0 aliphatic carbocycles. The van der Waals surface area contributed by atoms with Gasteiger partial charge in [-0.05, 0) is 44.2 Å². The van der Waals surface area contributed by atoms with E-state index in [1.807, 2.05) is 26.1 Å². The first-order valence-corrected chi connectivity index (χ1v) is 9.91. The normalized spacial score (nSPS) is 12.6. The summed E-state index contributed by atoms with van der Waals surface area (Å²) in [7, 11) is 0. The standard InChI is InChI=1S/C21H33N3O3/c1-6-7-8-17(13-25)23-21(26)19-16(5)22-20-18(27-10-9-14(2)3)11-15(4)12-24(19)20/h11-12,14,17,25H,6-10,13H2,1-5H3,(H,23,26). The van der Waals surface area contributed by atoms with E-state index in [0.29, 0.717) is 35.3 Å². The topological polar surface area (TPSA) is 75.9 Å². The lowest BCUT2D eigenvalue weighted by atomic mass is 10.1. The highest BCUT2D eigenvalue weighted by atomic mass is 16.5. The summed E-state index contributed by atoms with van der Waals surface area (Å²) in [5, 5.41) is 12.5. The van der Waals surface area contributed by atoms with Gasteiger partial charge in [-0.25, -0.2) is 4.98 Å². The molecule has 1 atom stereocenters. The van der Waals surface area contributed by atoms with Crippen molar-refractivity contribution in [2.45, 2.75) is 66.3 Å². The van der Waals surface area contributed by atoms with E-state index in [0.717, 1.165) is 31.2 Å². The number of amides is 1. The molecular formula is C21H33N3O3. The summed E-state index contributed by atoms with van der Waals surface area (Å²) in [5.74, 6) is 1.04. The number of carbonyl (C=O) groups is 1. The molecule has 27 heavy (non-hydrogen) atoms. The van der Waals surface area contributed by atoms with Gasteiger partial charge in [0.25, 0.3) is 5.91 Å². The van der Waals surface area contributed by atoms with Crippen LogP contribution in [0.25, 0.3) is 5.65 Å². The van der Waals surface area contributed by atoms with Gasteiger partial charge in [0.2, 0.25) is 0 Å². The van der Waals surface area contributed by atoms with Crippen LogP contribution in [0.2, 0.25) is 0 Å². The van der Waals surface area contributed by atoms with Gasteiger partial charge in [0, 0.05) is 6.20 Å². The summed E-state index contributed by atoms with van der Waals surface area (Å²) < 4.78 is 7.76. The van der Waals surface area contributed by atoms with E-state index < -0.39 is 0 Å². The molecule has 0 aliphatic heterocycles. The number of hydrogen-bond acceptors (Lipinski definition) is 4. The lowest BCUT2D eigenvalue weighted by Gasteiger charge is -2.16. The first-order valence-electron chi connectivity index (χ1n) is 9.91. The Morgan fingerprint density at radius 1 is 1.33 bits per heavy atom. The Balaban J connectivity index is 2.30. The minimum atomic E-state index is -0.242. The van der Waals surface area contributed by atoms with E-state index in [1.54, 1.807) is 4.40 Å². The summed E-state index contributed by atoms with van der Waals surface area (Å²) >= 11 is 0. The van der Waals surface area contributed by atoms with E-state index in [1.165, 1.54) is 0 Å². The Hall–Kier alpha value is -2.08. The maximum absolute atomic E-state index is 12.9. The lowest BCUT2D eigenvalue weighted by molar-refractivity contribution is 0.0905. The maximum atomic E-state index is 12.9. The quantitative estimate of drug-likeness (QED) is 0.664. The fourth-order valence-electron chi connectivity index (χ4n) is 3.06. The number of fused-ring (bicyclic) bond motifs is 1. The van der Waals surface area contributed by atoms with E-state index in [9.17, 15) is 9.90 Å².